The summed E-state index contributed by atoms with van der Waals surface area (Å²) in [5.74, 6) is -0.122. The summed E-state index contributed by atoms with van der Waals surface area (Å²) in [5.41, 5.74) is 6.95. The lowest BCUT2D eigenvalue weighted by Gasteiger charge is -2.15. The Morgan fingerprint density at radius 3 is 2.50 bits per heavy atom. The molecule has 0 aliphatic heterocycles. The standard InChI is InChI=1S/C14H19NO3/c1-17-9-2-10-18-13(16)14(7-8-14)11-3-5-12(15)6-4-11/h3-6H,2,7-10,15H2,1H3. The summed E-state index contributed by atoms with van der Waals surface area (Å²) < 4.78 is 10.2. The third-order valence-electron chi connectivity index (χ3n) is 3.33. The van der Waals surface area contributed by atoms with Crippen molar-refractivity contribution < 1.29 is 14.3 Å². The van der Waals surface area contributed by atoms with Gasteiger partial charge in [0, 0.05) is 25.8 Å². The lowest BCUT2D eigenvalue weighted by atomic mass is 9.96. The summed E-state index contributed by atoms with van der Waals surface area (Å²) in [6.07, 6.45) is 2.46. The van der Waals surface area contributed by atoms with Gasteiger partial charge in [-0.2, -0.15) is 0 Å². The molecule has 0 bridgehead atoms. The normalized spacial score (nSPS) is 16.3. The first-order valence-electron chi connectivity index (χ1n) is 6.21. The molecule has 4 heteroatoms. The predicted molar refractivity (Wildman–Crippen MR) is 69.2 cm³/mol. The Hall–Kier alpha value is -1.55. The van der Waals surface area contributed by atoms with Crippen LogP contribution in [0, 0.1) is 0 Å². The number of benzene rings is 1. The molecule has 18 heavy (non-hydrogen) atoms. The number of hydrogen-bond acceptors (Lipinski definition) is 4. The Morgan fingerprint density at radius 2 is 1.94 bits per heavy atom. The zero-order valence-corrected chi connectivity index (χ0v) is 10.6. The van der Waals surface area contributed by atoms with Gasteiger partial charge < -0.3 is 15.2 Å². The highest BCUT2D eigenvalue weighted by molar-refractivity contribution is 5.86. The zero-order chi connectivity index (χ0) is 13.0. The molecule has 98 valence electrons. The van der Waals surface area contributed by atoms with Gasteiger partial charge in [0.1, 0.15) is 0 Å². The minimum absolute atomic E-state index is 0.122. The molecule has 0 saturated heterocycles. The first-order valence-corrected chi connectivity index (χ1v) is 6.21. The molecule has 4 nitrogen and oxygen atoms in total. The van der Waals surface area contributed by atoms with Gasteiger partial charge in [-0.1, -0.05) is 12.1 Å². The van der Waals surface area contributed by atoms with E-state index in [1.807, 2.05) is 24.3 Å². The van der Waals surface area contributed by atoms with Crippen LogP contribution in [0.5, 0.6) is 0 Å². The van der Waals surface area contributed by atoms with Crippen molar-refractivity contribution >= 4 is 11.7 Å². The monoisotopic (exact) mass is 249 g/mol. The number of nitrogen functional groups attached to an aromatic ring is 1. The van der Waals surface area contributed by atoms with Crippen molar-refractivity contribution in [3.8, 4) is 0 Å². The molecular formula is C14H19NO3. The molecule has 1 saturated carbocycles. The topological polar surface area (TPSA) is 61.5 Å². The summed E-state index contributed by atoms with van der Waals surface area (Å²) in [5, 5.41) is 0. The maximum atomic E-state index is 12.1. The van der Waals surface area contributed by atoms with Crippen LogP contribution in [-0.2, 0) is 19.7 Å². The summed E-state index contributed by atoms with van der Waals surface area (Å²) >= 11 is 0. The van der Waals surface area contributed by atoms with Crippen LogP contribution in [0.1, 0.15) is 24.8 Å². The van der Waals surface area contributed by atoms with Crippen molar-refractivity contribution in [3.63, 3.8) is 0 Å². The third-order valence-corrected chi connectivity index (χ3v) is 3.33. The maximum absolute atomic E-state index is 12.1. The van der Waals surface area contributed by atoms with Crippen molar-refractivity contribution in [2.75, 3.05) is 26.1 Å². The average Bonchev–Trinajstić information content (AvgIpc) is 3.17. The summed E-state index contributed by atoms with van der Waals surface area (Å²) in [6.45, 7) is 1.03. The largest absolute Gasteiger partial charge is 0.465 e. The van der Waals surface area contributed by atoms with E-state index in [1.54, 1.807) is 7.11 Å². The van der Waals surface area contributed by atoms with Crippen LogP contribution < -0.4 is 5.73 Å². The molecule has 1 aliphatic carbocycles. The Morgan fingerprint density at radius 1 is 1.28 bits per heavy atom. The van der Waals surface area contributed by atoms with E-state index in [2.05, 4.69) is 0 Å². The van der Waals surface area contributed by atoms with E-state index in [0.717, 1.165) is 24.8 Å². The lowest BCUT2D eigenvalue weighted by Crippen LogP contribution is -2.24. The average molecular weight is 249 g/mol. The van der Waals surface area contributed by atoms with E-state index in [1.165, 1.54) is 0 Å². The molecule has 1 aromatic carbocycles. The van der Waals surface area contributed by atoms with Gasteiger partial charge in [0.15, 0.2) is 0 Å². The number of carbonyl (C=O) groups is 1. The zero-order valence-electron chi connectivity index (χ0n) is 10.6. The Labute approximate surface area is 107 Å². The second-order valence-corrected chi connectivity index (χ2v) is 4.69. The van der Waals surface area contributed by atoms with Gasteiger partial charge in [-0.15, -0.1) is 0 Å². The third kappa shape index (κ3) is 2.64. The number of esters is 1. The summed E-state index contributed by atoms with van der Waals surface area (Å²) in [6, 6.07) is 7.48. The van der Waals surface area contributed by atoms with E-state index in [4.69, 9.17) is 15.2 Å². The van der Waals surface area contributed by atoms with Gasteiger partial charge in [0.25, 0.3) is 0 Å². The predicted octanol–water partition coefficient (Wildman–Crippen LogP) is 1.88. The minimum Gasteiger partial charge on any atom is -0.465 e. The van der Waals surface area contributed by atoms with Gasteiger partial charge in [0.05, 0.1) is 12.0 Å². The van der Waals surface area contributed by atoms with E-state index in [9.17, 15) is 4.79 Å². The fraction of sp³-hybridized carbons (Fsp3) is 0.500. The number of nitrogens with two attached hydrogens (primary N) is 1. The molecule has 1 aromatic rings. The number of anilines is 1. The molecule has 2 N–H and O–H groups in total. The molecule has 2 rings (SSSR count). The lowest BCUT2D eigenvalue weighted by molar-refractivity contribution is -0.147. The fourth-order valence-electron chi connectivity index (χ4n) is 2.04. The summed E-state index contributed by atoms with van der Waals surface area (Å²) in [4.78, 5) is 12.1. The Bertz CT molecular complexity index is 410. The van der Waals surface area contributed by atoms with E-state index < -0.39 is 5.41 Å². The molecular weight excluding hydrogens is 230 g/mol. The molecule has 0 atom stereocenters. The molecule has 0 unspecified atom stereocenters. The van der Waals surface area contributed by atoms with Crippen molar-refractivity contribution in [1.82, 2.24) is 0 Å². The van der Waals surface area contributed by atoms with Gasteiger partial charge in [-0.3, -0.25) is 4.79 Å². The van der Waals surface area contributed by atoms with Gasteiger partial charge >= 0.3 is 5.97 Å². The number of ether oxygens (including phenoxy) is 2. The highest BCUT2D eigenvalue weighted by Gasteiger charge is 2.52. The maximum Gasteiger partial charge on any atom is 0.316 e. The van der Waals surface area contributed by atoms with Crippen LogP contribution in [0.15, 0.2) is 24.3 Å². The van der Waals surface area contributed by atoms with Crippen LogP contribution in [-0.4, -0.2) is 26.3 Å². The molecule has 0 radical (unpaired) electrons. The molecule has 1 aliphatic rings. The molecule has 0 heterocycles. The van der Waals surface area contributed by atoms with Crippen molar-refractivity contribution in [3.05, 3.63) is 29.8 Å². The highest BCUT2D eigenvalue weighted by atomic mass is 16.5. The SMILES string of the molecule is COCCCOC(=O)C1(c2ccc(N)cc2)CC1. The second kappa shape index (κ2) is 5.40. The van der Waals surface area contributed by atoms with Crippen LogP contribution >= 0.6 is 0 Å². The molecule has 0 amide bonds. The smallest absolute Gasteiger partial charge is 0.316 e. The van der Waals surface area contributed by atoms with Gasteiger partial charge in [-0.25, -0.2) is 0 Å². The minimum atomic E-state index is -0.416. The van der Waals surface area contributed by atoms with Crippen LogP contribution in [0.4, 0.5) is 5.69 Å². The number of rotatable bonds is 6. The highest BCUT2D eigenvalue weighted by Crippen LogP contribution is 2.49. The van der Waals surface area contributed by atoms with E-state index in [-0.39, 0.29) is 5.97 Å². The molecule has 0 aromatic heterocycles. The van der Waals surface area contributed by atoms with Crippen LogP contribution in [0.25, 0.3) is 0 Å². The van der Waals surface area contributed by atoms with Crippen molar-refractivity contribution in [2.24, 2.45) is 0 Å². The number of hydrogen-bond donors (Lipinski definition) is 1. The summed E-state index contributed by atoms with van der Waals surface area (Å²) in [7, 11) is 1.64. The Kier molecular flexibility index (Phi) is 3.87. The number of methoxy groups -OCH3 is 1. The van der Waals surface area contributed by atoms with Crippen LogP contribution in [0.3, 0.4) is 0 Å². The quantitative estimate of drug-likeness (QED) is 0.475. The molecule has 1 fully saturated rings. The van der Waals surface area contributed by atoms with Crippen LogP contribution in [0.2, 0.25) is 0 Å². The first-order chi connectivity index (χ1) is 8.69. The van der Waals surface area contributed by atoms with E-state index >= 15 is 0 Å². The fourth-order valence-corrected chi connectivity index (χ4v) is 2.04. The second-order valence-electron chi connectivity index (χ2n) is 4.69. The Balaban J connectivity index is 1.94. The van der Waals surface area contributed by atoms with E-state index in [0.29, 0.717) is 18.9 Å². The molecule has 0 spiro atoms. The number of carbonyl (C=O) groups excluding carboxylic acids is 1. The van der Waals surface area contributed by atoms with Crippen molar-refractivity contribution in [1.29, 1.82) is 0 Å². The first kappa shape index (κ1) is 12.9. The van der Waals surface area contributed by atoms with Gasteiger partial charge in [-0.05, 0) is 30.5 Å². The van der Waals surface area contributed by atoms with Crippen molar-refractivity contribution in [2.45, 2.75) is 24.7 Å². The van der Waals surface area contributed by atoms with Gasteiger partial charge in [0.2, 0.25) is 0 Å².